The molecule has 0 N–H and O–H groups in total. The van der Waals surface area contributed by atoms with Crippen molar-refractivity contribution in [2.75, 3.05) is 0 Å². The fourth-order valence-electron chi connectivity index (χ4n) is 2.58. The minimum atomic E-state index is -2.29. The molecule has 0 nitrogen and oxygen atoms in total. The summed E-state index contributed by atoms with van der Waals surface area (Å²) in [6, 6.07) is 21.9. The van der Waals surface area contributed by atoms with E-state index in [9.17, 15) is 0 Å². The van der Waals surface area contributed by atoms with Gasteiger partial charge in [-0.25, -0.2) is 0 Å². The first-order chi connectivity index (χ1) is 11.0. The minimum Gasteiger partial charge on any atom is -0.143 e. The van der Waals surface area contributed by atoms with Crippen LogP contribution in [0.1, 0.15) is 0 Å². The average molecular weight is 391 g/mol. The maximum Gasteiger partial charge on any atom is 0.0412 e. The predicted octanol–water partition coefficient (Wildman–Crippen LogP) is 4.31. The second kappa shape index (κ2) is 7.08. The highest BCUT2D eigenvalue weighted by Crippen LogP contribution is 2.47. The van der Waals surface area contributed by atoms with Crippen molar-refractivity contribution in [3.05, 3.63) is 72.8 Å². The summed E-state index contributed by atoms with van der Waals surface area (Å²) < 4.78 is 0. The van der Waals surface area contributed by atoms with Crippen molar-refractivity contribution < 1.29 is 0 Å². The zero-order valence-corrected chi connectivity index (χ0v) is 16.5. The molecule has 0 aliphatic rings. The maximum atomic E-state index is 6.33. The van der Waals surface area contributed by atoms with Crippen LogP contribution in [0.4, 0.5) is 0 Å². The zero-order valence-electron chi connectivity index (χ0n) is 12.1. The summed E-state index contributed by atoms with van der Waals surface area (Å²) in [5, 5.41) is 3.21. The lowest BCUT2D eigenvalue weighted by atomic mass is 10.3. The molecule has 0 heterocycles. The largest absolute Gasteiger partial charge is 0.143 e. The van der Waals surface area contributed by atoms with Gasteiger partial charge in [-0.1, -0.05) is 66.4 Å². The van der Waals surface area contributed by atoms with Crippen molar-refractivity contribution in [2.45, 2.75) is 14.7 Å². The third-order valence-corrected chi connectivity index (χ3v) is 10.3. The fraction of sp³-hybridized carbons (Fsp3) is 0. The molecule has 0 bridgehead atoms. The molecule has 0 unspecified atom stereocenters. The molecule has 0 aromatic heterocycles. The van der Waals surface area contributed by atoms with Crippen molar-refractivity contribution in [2.24, 2.45) is 0 Å². The van der Waals surface area contributed by atoms with Gasteiger partial charge in [-0.15, -0.1) is 37.9 Å². The highest BCUT2D eigenvalue weighted by molar-refractivity contribution is 8.26. The van der Waals surface area contributed by atoms with Crippen LogP contribution in [-0.4, -0.2) is 0 Å². The molecule has 0 atom stereocenters. The van der Waals surface area contributed by atoms with Gasteiger partial charge in [0.15, 0.2) is 0 Å². The lowest BCUT2D eigenvalue weighted by molar-refractivity contribution is 1.50. The van der Waals surface area contributed by atoms with Crippen LogP contribution in [0.15, 0.2) is 87.5 Å². The minimum absolute atomic E-state index is 0.906. The van der Waals surface area contributed by atoms with Crippen LogP contribution in [0, 0.1) is 0 Å². The van der Waals surface area contributed by atoms with Crippen molar-refractivity contribution in [1.82, 2.24) is 0 Å². The van der Waals surface area contributed by atoms with Gasteiger partial charge in [0.05, 0.1) is 0 Å². The lowest BCUT2D eigenvalue weighted by Crippen LogP contribution is -2.27. The van der Waals surface area contributed by atoms with E-state index in [1.54, 1.807) is 0 Å². The topological polar surface area (TPSA) is 0 Å². The molecule has 0 saturated carbocycles. The van der Waals surface area contributed by atoms with Crippen molar-refractivity contribution in [3.8, 4) is 0 Å². The van der Waals surface area contributed by atoms with Gasteiger partial charge in [-0.05, 0) is 18.2 Å². The molecule has 3 rings (SSSR count). The predicted molar refractivity (Wildman–Crippen MR) is 114 cm³/mol. The fourth-order valence-corrected chi connectivity index (χ4v) is 9.31. The van der Waals surface area contributed by atoms with Crippen LogP contribution >= 0.6 is 43.9 Å². The summed E-state index contributed by atoms with van der Waals surface area (Å²) >= 11 is 20.3. The molecule has 23 heavy (non-hydrogen) atoms. The smallest absolute Gasteiger partial charge is 0.0412 e. The molecule has 3 aromatic rings. The van der Waals surface area contributed by atoms with Crippen LogP contribution in [0.2, 0.25) is 0 Å². The molecule has 0 aliphatic heterocycles. The van der Waals surface area contributed by atoms with Gasteiger partial charge in [-0.2, -0.15) is 0 Å². The van der Waals surface area contributed by atoms with Crippen LogP contribution in [-0.2, 0) is 11.8 Å². The Bertz CT molecular complexity index is 787. The normalized spacial score (nSPS) is 11.4. The van der Waals surface area contributed by atoms with Gasteiger partial charge in [0, 0.05) is 36.6 Å². The molecule has 0 radical (unpaired) electrons. The number of hydrogen-bond donors (Lipinski definition) is 3. The molecule has 116 valence electrons. The van der Waals surface area contributed by atoms with Crippen LogP contribution in [0.25, 0.3) is 0 Å². The second-order valence-corrected chi connectivity index (χ2v) is 10.8. The highest BCUT2D eigenvalue weighted by Gasteiger charge is 2.29. The van der Waals surface area contributed by atoms with Gasteiger partial charge in [0.25, 0.3) is 0 Å². The maximum absolute atomic E-state index is 6.33. The van der Waals surface area contributed by atoms with Crippen molar-refractivity contribution in [1.29, 1.82) is 0 Å². The standard InChI is InChI=1S/C18H15PS4/c20-16-10-4-1-7-13(16)19(23,14-8-2-5-11-17(14)21)15-9-3-6-12-18(15)22/h1-12,20-22H. The Balaban J connectivity index is 2.41. The Morgan fingerprint density at radius 1 is 0.522 bits per heavy atom. The third kappa shape index (κ3) is 3.16. The van der Waals surface area contributed by atoms with E-state index in [2.05, 4.69) is 56.1 Å². The summed E-state index contributed by atoms with van der Waals surface area (Å²) in [4.78, 5) is 2.72. The molecule has 5 heteroatoms. The van der Waals surface area contributed by atoms with Gasteiger partial charge in [-0.3, -0.25) is 0 Å². The quantitative estimate of drug-likeness (QED) is 0.443. The summed E-state index contributed by atoms with van der Waals surface area (Å²) in [5.41, 5.74) is 0. The molecular weight excluding hydrogens is 375 g/mol. The van der Waals surface area contributed by atoms with Gasteiger partial charge < -0.3 is 0 Å². The molecule has 0 spiro atoms. The molecule has 3 aromatic carbocycles. The van der Waals surface area contributed by atoms with Crippen molar-refractivity contribution in [3.63, 3.8) is 0 Å². The van der Waals surface area contributed by atoms with E-state index < -0.39 is 6.04 Å². The van der Waals surface area contributed by atoms with E-state index in [4.69, 9.17) is 11.8 Å². The Labute approximate surface area is 158 Å². The molecule has 0 aliphatic carbocycles. The van der Waals surface area contributed by atoms with Crippen LogP contribution in [0.5, 0.6) is 0 Å². The number of thiol groups is 3. The molecule has 0 fully saturated rings. The summed E-state index contributed by atoms with van der Waals surface area (Å²) in [5.74, 6) is 0. The Morgan fingerprint density at radius 3 is 1.04 bits per heavy atom. The monoisotopic (exact) mass is 390 g/mol. The lowest BCUT2D eigenvalue weighted by Gasteiger charge is -2.27. The van der Waals surface area contributed by atoms with E-state index >= 15 is 0 Å². The van der Waals surface area contributed by atoms with Gasteiger partial charge in [0.1, 0.15) is 0 Å². The number of rotatable bonds is 3. The number of hydrogen-bond acceptors (Lipinski definition) is 4. The zero-order chi connectivity index (χ0) is 16.4. The Kier molecular flexibility index (Phi) is 5.29. The molecule has 0 amide bonds. The van der Waals surface area contributed by atoms with Crippen LogP contribution < -0.4 is 15.9 Å². The van der Waals surface area contributed by atoms with E-state index in [0.717, 1.165) is 30.6 Å². The Hall–Kier alpha value is -0.640. The van der Waals surface area contributed by atoms with Crippen molar-refractivity contribution >= 4 is 71.6 Å². The molecule has 0 saturated heterocycles. The van der Waals surface area contributed by atoms with E-state index in [1.807, 2.05) is 54.6 Å². The molecular formula is C18H15PS4. The SMILES string of the molecule is S=P(c1ccccc1S)(c1ccccc1S)c1ccccc1S. The van der Waals surface area contributed by atoms with Gasteiger partial charge in [0.2, 0.25) is 0 Å². The Morgan fingerprint density at radius 2 is 0.783 bits per heavy atom. The summed E-state index contributed by atoms with van der Waals surface area (Å²) in [6.45, 7) is 0. The van der Waals surface area contributed by atoms with E-state index in [0.29, 0.717) is 0 Å². The van der Waals surface area contributed by atoms with E-state index in [-0.39, 0.29) is 0 Å². The van der Waals surface area contributed by atoms with E-state index in [1.165, 1.54) is 0 Å². The highest BCUT2D eigenvalue weighted by atomic mass is 32.4. The first-order valence-electron chi connectivity index (χ1n) is 7.01. The van der Waals surface area contributed by atoms with Gasteiger partial charge >= 0.3 is 0 Å². The third-order valence-electron chi connectivity index (χ3n) is 3.66. The van der Waals surface area contributed by atoms with Crippen LogP contribution in [0.3, 0.4) is 0 Å². The average Bonchev–Trinajstić information content (AvgIpc) is 2.55. The first kappa shape index (κ1) is 17.2. The number of benzene rings is 3. The summed E-state index contributed by atoms with van der Waals surface area (Å²) in [6.07, 6.45) is 0. The second-order valence-electron chi connectivity index (χ2n) is 5.08. The first-order valence-corrected chi connectivity index (χ1v) is 11.2. The summed E-state index contributed by atoms with van der Waals surface area (Å²) in [7, 11) is 0.